The van der Waals surface area contributed by atoms with Gasteiger partial charge in [-0.05, 0) is 37.5 Å². The summed E-state index contributed by atoms with van der Waals surface area (Å²) in [6, 6.07) is 5.82. The summed E-state index contributed by atoms with van der Waals surface area (Å²) >= 11 is 6.42. The molecule has 2 aromatic heterocycles. The zero-order valence-electron chi connectivity index (χ0n) is 18.4. The molecule has 1 aliphatic heterocycles. The lowest BCUT2D eigenvalue weighted by atomic mass is 9.70. The van der Waals surface area contributed by atoms with Gasteiger partial charge < -0.3 is 5.32 Å². The molecule has 1 fully saturated rings. The van der Waals surface area contributed by atoms with Crippen LogP contribution in [-0.4, -0.2) is 40.3 Å². The van der Waals surface area contributed by atoms with Crippen molar-refractivity contribution in [1.29, 1.82) is 0 Å². The van der Waals surface area contributed by atoms with Gasteiger partial charge in [0.1, 0.15) is 5.84 Å². The predicted octanol–water partition coefficient (Wildman–Crippen LogP) is 4.13. The van der Waals surface area contributed by atoms with E-state index in [1.165, 1.54) is 12.0 Å². The number of allylic oxidation sites excluding steroid dienone is 1. The van der Waals surface area contributed by atoms with E-state index < -0.39 is 0 Å². The zero-order chi connectivity index (χ0) is 22.6. The van der Waals surface area contributed by atoms with Gasteiger partial charge in [-0.15, -0.1) is 0 Å². The number of aromatic nitrogens is 3. The fourth-order valence-corrected chi connectivity index (χ4v) is 4.80. The van der Waals surface area contributed by atoms with E-state index in [2.05, 4.69) is 31.3 Å². The highest BCUT2D eigenvalue weighted by Gasteiger charge is 2.37. The standard InChI is InChI=1S/C24H27ClN6O/c1-17(25)20-19(15-31(21(20)26-2)23-28-12-7-13-29-23)22(32)30-16-24(9-4-3-5-10-24)18-8-6-11-27-14-18/h6-8,11-15H,3-5,9-10,16H2,1-2H3,(H,30,32)/b20-17+,26-21+. The van der Waals surface area contributed by atoms with Crippen LogP contribution < -0.4 is 10.2 Å². The molecule has 166 valence electrons. The number of nitrogens with one attached hydrogen (secondary N) is 1. The summed E-state index contributed by atoms with van der Waals surface area (Å²) in [5.41, 5.74) is 2.13. The molecule has 1 N–H and O–H groups in total. The van der Waals surface area contributed by atoms with Crippen molar-refractivity contribution >= 4 is 29.3 Å². The molecule has 4 rings (SSSR count). The summed E-state index contributed by atoms with van der Waals surface area (Å²) in [6.07, 6.45) is 14.3. The minimum Gasteiger partial charge on any atom is -0.351 e. The predicted molar refractivity (Wildman–Crippen MR) is 127 cm³/mol. The number of halogens is 1. The van der Waals surface area contributed by atoms with E-state index in [0.717, 1.165) is 25.7 Å². The summed E-state index contributed by atoms with van der Waals surface area (Å²) in [5, 5.41) is 3.68. The van der Waals surface area contributed by atoms with Gasteiger partial charge in [0.15, 0.2) is 0 Å². The summed E-state index contributed by atoms with van der Waals surface area (Å²) in [5.74, 6) is 0.798. The normalized spacial score (nSPS) is 20.8. The van der Waals surface area contributed by atoms with E-state index in [1.807, 2.05) is 12.3 Å². The first kappa shape index (κ1) is 22.1. The number of amides is 1. The van der Waals surface area contributed by atoms with E-state index in [4.69, 9.17) is 11.6 Å². The SMILES string of the molecule is C/N=C1\C(=C(/C)Cl)C(C(=O)NCC2(c3cccnc3)CCCCC2)=CN1c1ncccn1. The van der Waals surface area contributed by atoms with Crippen LogP contribution in [0.4, 0.5) is 5.95 Å². The fourth-order valence-electron chi connectivity index (χ4n) is 4.61. The molecular formula is C24H27ClN6O. The maximum atomic E-state index is 13.4. The maximum absolute atomic E-state index is 13.4. The molecule has 0 spiro atoms. The average Bonchev–Trinajstić information content (AvgIpc) is 3.24. The van der Waals surface area contributed by atoms with Gasteiger partial charge >= 0.3 is 0 Å². The Morgan fingerprint density at radius 3 is 2.56 bits per heavy atom. The summed E-state index contributed by atoms with van der Waals surface area (Å²) in [4.78, 5) is 32.4. The third-order valence-electron chi connectivity index (χ3n) is 6.22. The first-order chi connectivity index (χ1) is 15.6. The second-order valence-corrected chi connectivity index (χ2v) is 8.75. The van der Waals surface area contributed by atoms with Gasteiger partial charge in [-0.1, -0.05) is 36.9 Å². The van der Waals surface area contributed by atoms with E-state index in [0.29, 0.717) is 34.5 Å². The molecule has 1 saturated carbocycles. The van der Waals surface area contributed by atoms with E-state index in [-0.39, 0.29) is 11.3 Å². The average molecular weight is 451 g/mol. The number of hydrogen-bond acceptors (Lipinski definition) is 5. The summed E-state index contributed by atoms with van der Waals surface area (Å²) in [6.45, 7) is 2.31. The third kappa shape index (κ3) is 4.30. The van der Waals surface area contributed by atoms with Crippen LogP contribution in [-0.2, 0) is 10.2 Å². The van der Waals surface area contributed by atoms with Crippen LogP contribution in [0.2, 0.25) is 0 Å². The minimum absolute atomic E-state index is 0.106. The molecule has 2 aromatic rings. The van der Waals surface area contributed by atoms with Gasteiger partial charge in [-0.25, -0.2) is 9.97 Å². The highest BCUT2D eigenvalue weighted by atomic mass is 35.5. The third-order valence-corrected chi connectivity index (χ3v) is 6.41. The second-order valence-electron chi connectivity index (χ2n) is 8.18. The van der Waals surface area contributed by atoms with E-state index in [9.17, 15) is 4.79 Å². The molecule has 2 aliphatic rings. The molecule has 0 bridgehead atoms. The number of carbonyl (C=O) groups excluding carboxylic acids is 1. The van der Waals surface area contributed by atoms with Crippen LogP contribution in [0.1, 0.15) is 44.6 Å². The van der Waals surface area contributed by atoms with Gasteiger partial charge in [-0.2, -0.15) is 0 Å². The molecule has 1 amide bonds. The Morgan fingerprint density at radius 1 is 1.19 bits per heavy atom. The molecule has 8 heteroatoms. The Kier molecular flexibility index (Phi) is 6.65. The monoisotopic (exact) mass is 450 g/mol. The van der Waals surface area contributed by atoms with E-state index in [1.54, 1.807) is 49.7 Å². The maximum Gasteiger partial charge on any atom is 0.253 e. The number of aliphatic imine (C=N–C) groups is 1. The van der Waals surface area contributed by atoms with Gasteiger partial charge in [0.25, 0.3) is 5.91 Å². The lowest BCUT2D eigenvalue weighted by Gasteiger charge is -2.37. The van der Waals surface area contributed by atoms with Crippen molar-refractivity contribution in [1.82, 2.24) is 20.3 Å². The number of nitrogens with zero attached hydrogens (tertiary/aromatic N) is 5. The van der Waals surface area contributed by atoms with Crippen LogP contribution in [0, 0.1) is 0 Å². The minimum atomic E-state index is -0.187. The molecule has 0 saturated heterocycles. The Balaban J connectivity index is 1.62. The van der Waals surface area contributed by atoms with Gasteiger partial charge in [0.2, 0.25) is 5.95 Å². The van der Waals surface area contributed by atoms with Crippen molar-refractivity contribution in [2.75, 3.05) is 18.5 Å². The highest BCUT2D eigenvalue weighted by molar-refractivity contribution is 6.36. The number of hydrogen-bond donors (Lipinski definition) is 1. The first-order valence-corrected chi connectivity index (χ1v) is 11.2. The van der Waals surface area contributed by atoms with Gasteiger partial charge in [-0.3, -0.25) is 19.7 Å². The molecule has 0 unspecified atom stereocenters. The highest BCUT2D eigenvalue weighted by Crippen LogP contribution is 2.39. The molecule has 32 heavy (non-hydrogen) atoms. The van der Waals surface area contributed by atoms with Gasteiger partial charge in [0.05, 0.1) is 5.57 Å². The summed E-state index contributed by atoms with van der Waals surface area (Å²) < 4.78 is 0. The Morgan fingerprint density at radius 2 is 1.94 bits per heavy atom. The number of pyridine rings is 1. The number of rotatable bonds is 5. The Bertz CT molecular complexity index is 1050. The number of carbonyl (C=O) groups is 1. The molecule has 0 atom stereocenters. The molecule has 1 aliphatic carbocycles. The molecular weight excluding hydrogens is 424 g/mol. The van der Waals surface area contributed by atoms with Crippen LogP contribution in [0.3, 0.4) is 0 Å². The van der Waals surface area contributed by atoms with Gasteiger partial charge in [0, 0.05) is 60.6 Å². The van der Waals surface area contributed by atoms with Crippen LogP contribution in [0.25, 0.3) is 0 Å². The lowest BCUT2D eigenvalue weighted by Crippen LogP contribution is -2.42. The Labute approximate surface area is 193 Å². The van der Waals surface area contributed by atoms with Crippen LogP contribution >= 0.6 is 11.6 Å². The number of amidine groups is 1. The van der Waals surface area contributed by atoms with Crippen molar-refractivity contribution in [3.05, 3.63) is 70.9 Å². The molecule has 0 aromatic carbocycles. The van der Waals surface area contributed by atoms with Crippen LogP contribution in [0.5, 0.6) is 0 Å². The summed E-state index contributed by atoms with van der Waals surface area (Å²) in [7, 11) is 1.67. The fraction of sp³-hybridized carbons (Fsp3) is 0.375. The van der Waals surface area contributed by atoms with Crippen molar-refractivity contribution in [3.63, 3.8) is 0 Å². The molecule has 0 radical (unpaired) electrons. The zero-order valence-corrected chi connectivity index (χ0v) is 19.1. The largest absolute Gasteiger partial charge is 0.351 e. The topological polar surface area (TPSA) is 83.4 Å². The van der Waals surface area contributed by atoms with Crippen LogP contribution in [0.15, 0.2) is 70.4 Å². The molecule has 7 nitrogen and oxygen atoms in total. The van der Waals surface area contributed by atoms with E-state index >= 15 is 0 Å². The Hall–Kier alpha value is -3.06. The van der Waals surface area contributed by atoms with Crippen molar-refractivity contribution in [3.8, 4) is 0 Å². The first-order valence-electron chi connectivity index (χ1n) is 10.9. The van der Waals surface area contributed by atoms with Crippen molar-refractivity contribution < 1.29 is 4.79 Å². The van der Waals surface area contributed by atoms with Crippen molar-refractivity contribution in [2.24, 2.45) is 4.99 Å². The molecule has 3 heterocycles. The van der Waals surface area contributed by atoms with Crippen molar-refractivity contribution in [2.45, 2.75) is 44.4 Å². The number of anilines is 1. The smallest absolute Gasteiger partial charge is 0.253 e. The second kappa shape index (κ2) is 9.61. The lowest BCUT2D eigenvalue weighted by molar-refractivity contribution is -0.117. The quantitative estimate of drug-likeness (QED) is 0.740.